The number of ketones is 1. The van der Waals surface area contributed by atoms with E-state index in [2.05, 4.69) is 15.4 Å². The van der Waals surface area contributed by atoms with Gasteiger partial charge in [0.05, 0.1) is 18.6 Å². The number of carboxylic acids is 1. The van der Waals surface area contributed by atoms with Crippen LogP contribution in [0.5, 0.6) is 0 Å². The van der Waals surface area contributed by atoms with Gasteiger partial charge in [-0.25, -0.2) is 0 Å². The number of rotatable bonds is 7. The minimum Gasteiger partial charge on any atom is -0.481 e. The summed E-state index contributed by atoms with van der Waals surface area (Å²) in [7, 11) is 1.66. The highest BCUT2D eigenvalue weighted by Gasteiger charge is 2.23. The first-order valence-electron chi connectivity index (χ1n) is 5.10. The van der Waals surface area contributed by atoms with Gasteiger partial charge in [0.15, 0.2) is 11.6 Å². The van der Waals surface area contributed by atoms with Crippen molar-refractivity contribution in [1.82, 2.24) is 20.2 Å². The first kappa shape index (κ1) is 13.6. The molecular weight excluding hydrogens is 244 g/mol. The number of tetrazole rings is 1. The van der Waals surface area contributed by atoms with E-state index in [9.17, 15) is 9.59 Å². The number of aryl methyl sites for hydroxylation is 1. The number of nitrogens with zero attached hydrogens (tertiary/aromatic N) is 4. The van der Waals surface area contributed by atoms with Gasteiger partial charge in [-0.1, -0.05) is 6.92 Å². The Bertz CT molecular complexity index is 407. The van der Waals surface area contributed by atoms with E-state index in [1.165, 1.54) is 16.6 Å². The predicted molar refractivity (Wildman–Crippen MR) is 61.4 cm³/mol. The first-order valence-corrected chi connectivity index (χ1v) is 6.26. The van der Waals surface area contributed by atoms with Crippen LogP contribution in [0.1, 0.15) is 19.2 Å². The Kier molecular flexibility index (Phi) is 5.08. The van der Waals surface area contributed by atoms with E-state index in [4.69, 9.17) is 5.11 Å². The molecule has 0 aromatic carbocycles. The summed E-state index contributed by atoms with van der Waals surface area (Å²) in [6.45, 7) is 1.69. The monoisotopic (exact) mass is 258 g/mol. The maximum absolute atomic E-state index is 11.5. The Balaban J connectivity index is 2.35. The van der Waals surface area contributed by atoms with E-state index < -0.39 is 11.9 Å². The lowest BCUT2D eigenvalue weighted by atomic mass is 10.0. The van der Waals surface area contributed by atoms with Crippen molar-refractivity contribution in [2.45, 2.75) is 19.1 Å². The van der Waals surface area contributed by atoms with E-state index in [1.54, 1.807) is 14.0 Å². The molecule has 0 spiro atoms. The van der Waals surface area contributed by atoms with E-state index in [-0.39, 0.29) is 11.5 Å². The number of thioether (sulfide) groups is 1. The third-order valence-corrected chi connectivity index (χ3v) is 3.07. The fourth-order valence-electron chi connectivity index (χ4n) is 1.26. The highest BCUT2D eigenvalue weighted by Crippen LogP contribution is 2.12. The molecule has 0 aliphatic rings. The normalized spacial score (nSPS) is 12.4. The Morgan fingerprint density at radius 2 is 2.24 bits per heavy atom. The lowest BCUT2D eigenvalue weighted by molar-refractivity contribution is -0.145. The van der Waals surface area contributed by atoms with Gasteiger partial charge < -0.3 is 5.11 Å². The number of aliphatic carboxylic acids is 1. The molecule has 0 saturated heterocycles. The molecule has 1 aromatic heterocycles. The van der Waals surface area contributed by atoms with E-state index in [1.807, 2.05) is 0 Å². The molecule has 1 heterocycles. The third-order valence-electron chi connectivity index (χ3n) is 2.12. The second-order valence-electron chi connectivity index (χ2n) is 3.45. The van der Waals surface area contributed by atoms with Crippen LogP contribution in [-0.4, -0.2) is 42.8 Å². The Labute approximate surface area is 103 Å². The lowest BCUT2D eigenvalue weighted by Crippen LogP contribution is -2.24. The van der Waals surface area contributed by atoms with Crippen LogP contribution >= 0.6 is 11.8 Å². The summed E-state index contributed by atoms with van der Waals surface area (Å²) in [4.78, 5) is 23.6. The summed E-state index contributed by atoms with van der Waals surface area (Å²) in [5.41, 5.74) is 0. The van der Waals surface area contributed by atoms with Crippen molar-refractivity contribution >= 4 is 23.5 Å². The van der Waals surface area contributed by atoms with Gasteiger partial charge in [-0.05, 0) is 11.6 Å². The molecule has 94 valence electrons. The number of carbonyl (C=O) groups excluding carboxylic acids is 1. The maximum Gasteiger partial charge on any atom is 0.314 e. The van der Waals surface area contributed by atoms with Crippen molar-refractivity contribution in [3.63, 3.8) is 0 Å². The number of hydrogen-bond acceptors (Lipinski definition) is 6. The Hall–Kier alpha value is -1.44. The van der Waals surface area contributed by atoms with Gasteiger partial charge in [0.25, 0.3) is 0 Å². The van der Waals surface area contributed by atoms with Crippen LogP contribution in [-0.2, 0) is 22.4 Å². The number of hydrogen-bond donors (Lipinski definition) is 1. The van der Waals surface area contributed by atoms with Crippen molar-refractivity contribution in [3.05, 3.63) is 5.82 Å². The van der Waals surface area contributed by atoms with Crippen molar-refractivity contribution < 1.29 is 14.7 Å². The fraction of sp³-hybridized carbons (Fsp3) is 0.667. The minimum absolute atomic E-state index is 0.156. The number of aromatic nitrogens is 4. The summed E-state index contributed by atoms with van der Waals surface area (Å²) in [6.07, 6.45) is 0.318. The largest absolute Gasteiger partial charge is 0.481 e. The van der Waals surface area contributed by atoms with Crippen LogP contribution in [0.25, 0.3) is 0 Å². The second kappa shape index (κ2) is 6.33. The molecule has 1 N–H and O–H groups in total. The van der Waals surface area contributed by atoms with E-state index in [0.717, 1.165) is 0 Å². The molecule has 8 heteroatoms. The van der Waals surface area contributed by atoms with E-state index in [0.29, 0.717) is 18.0 Å². The van der Waals surface area contributed by atoms with Crippen LogP contribution in [0.3, 0.4) is 0 Å². The second-order valence-corrected chi connectivity index (χ2v) is 4.44. The standard InChI is InChI=1S/C9H14N4O3S/c1-3-6(9(15)16)7(14)4-17-5-8-10-12-13(2)11-8/h6H,3-5H2,1-2H3,(H,15,16). The van der Waals surface area contributed by atoms with Crippen LogP contribution < -0.4 is 0 Å². The lowest BCUT2D eigenvalue weighted by Gasteiger charge is -2.07. The summed E-state index contributed by atoms with van der Waals surface area (Å²) >= 11 is 1.30. The molecule has 1 atom stereocenters. The first-order chi connectivity index (χ1) is 8.04. The van der Waals surface area contributed by atoms with Gasteiger partial charge in [0.2, 0.25) is 0 Å². The fourth-order valence-corrected chi connectivity index (χ4v) is 2.07. The van der Waals surface area contributed by atoms with Gasteiger partial charge in [-0.3, -0.25) is 9.59 Å². The van der Waals surface area contributed by atoms with Crippen LogP contribution in [0.2, 0.25) is 0 Å². The predicted octanol–water partition coefficient (Wildman–Crippen LogP) is 0.123. The summed E-state index contributed by atoms with van der Waals surface area (Å²) in [5, 5.41) is 20.2. The van der Waals surface area contributed by atoms with Crippen LogP contribution in [0, 0.1) is 5.92 Å². The van der Waals surface area contributed by atoms with Gasteiger partial charge in [0.1, 0.15) is 5.92 Å². The maximum atomic E-state index is 11.5. The van der Waals surface area contributed by atoms with Gasteiger partial charge in [-0.15, -0.1) is 22.0 Å². The molecule has 0 aliphatic heterocycles. The highest BCUT2D eigenvalue weighted by atomic mass is 32.2. The summed E-state index contributed by atoms with van der Waals surface area (Å²) in [5.74, 6) is -1.09. The molecule has 0 aliphatic carbocycles. The third kappa shape index (κ3) is 4.14. The highest BCUT2D eigenvalue weighted by molar-refractivity contribution is 7.99. The topological polar surface area (TPSA) is 98.0 Å². The molecule has 1 rings (SSSR count). The van der Waals surface area contributed by atoms with Crippen molar-refractivity contribution in [1.29, 1.82) is 0 Å². The molecule has 0 fully saturated rings. The molecule has 0 amide bonds. The zero-order chi connectivity index (χ0) is 12.8. The van der Waals surface area contributed by atoms with Gasteiger partial charge >= 0.3 is 5.97 Å². The quantitative estimate of drug-likeness (QED) is 0.694. The van der Waals surface area contributed by atoms with Crippen LogP contribution in [0.15, 0.2) is 0 Å². The number of carboxylic acid groups (broad SMARTS) is 1. The van der Waals surface area contributed by atoms with Crippen molar-refractivity contribution in [2.24, 2.45) is 13.0 Å². The summed E-state index contributed by atoms with van der Waals surface area (Å²) in [6, 6.07) is 0. The molecule has 0 radical (unpaired) electrons. The molecule has 17 heavy (non-hydrogen) atoms. The van der Waals surface area contributed by atoms with Crippen LogP contribution in [0.4, 0.5) is 0 Å². The average Bonchev–Trinajstić information content (AvgIpc) is 2.64. The minimum atomic E-state index is -1.06. The van der Waals surface area contributed by atoms with Gasteiger partial charge in [0, 0.05) is 0 Å². The zero-order valence-corrected chi connectivity index (χ0v) is 10.5. The molecule has 1 unspecified atom stereocenters. The molecular formula is C9H14N4O3S. The SMILES string of the molecule is CCC(C(=O)O)C(=O)CSCc1nnn(C)n1. The average molecular weight is 258 g/mol. The molecule has 7 nitrogen and oxygen atoms in total. The molecule has 0 bridgehead atoms. The summed E-state index contributed by atoms with van der Waals surface area (Å²) < 4.78 is 0. The molecule has 0 saturated carbocycles. The smallest absolute Gasteiger partial charge is 0.314 e. The Morgan fingerprint density at radius 3 is 2.71 bits per heavy atom. The van der Waals surface area contributed by atoms with Crippen molar-refractivity contribution in [2.75, 3.05) is 5.75 Å². The number of Topliss-reactive ketones (excluding diaryl/α,β-unsaturated/α-hetero) is 1. The zero-order valence-electron chi connectivity index (χ0n) is 9.66. The van der Waals surface area contributed by atoms with Gasteiger partial charge in [-0.2, -0.15) is 4.80 Å². The molecule has 1 aromatic rings. The van der Waals surface area contributed by atoms with Crippen molar-refractivity contribution in [3.8, 4) is 0 Å². The number of carbonyl (C=O) groups is 2. The van der Waals surface area contributed by atoms with E-state index >= 15 is 0 Å². The Morgan fingerprint density at radius 1 is 1.53 bits per heavy atom.